The molecule has 1 saturated carbocycles. The lowest BCUT2D eigenvalue weighted by Gasteiger charge is -2.23. The first kappa shape index (κ1) is 11.4. The van der Waals surface area contributed by atoms with E-state index in [0.29, 0.717) is 0 Å². The number of hydrogen-bond donors (Lipinski definition) is 2. The first-order chi connectivity index (χ1) is 7.18. The predicted octanol–water partition coefficient (Wildman–Crippen LogP) is 0.600. The lowest BCUT2D eigenvalue weighted by atomic mass is 10.0. The van der Waals surface area contributed by atoms with Gasteiger partial charge in [-0.1, -0.05) is 19.3 Å². The molecule has 2 N–H and O–H groups in total. The molecule has 1 heterocycles. The normalized spacial score (nSPS) is 29.5. The number of hydrogen-bond acceptors (Lipinski definition) is 3. The summed E-state index contributed by atoms with van der Waals surface area (Å²) in [6.45, 7) is 1.71. The average molecular weight is 232 g/mol. The summed E-state index contributed by atoms with van der Waals surface area (Å²) < 4.78 is 26.8. The largest absolute Gasteiger partial charge is 0.315 e. The van der Waals surface area contributed by atoms with Gasteiger partial charge in [0, 0.05) is 12.6 Å². The van der Waals surface area contributed by atoms with Crippen molar-refractivity contribution in [1.29, 1.82) is 0 Å². The average Bonchev–Trinajstić information content (AvgIpc) is 2.71. The molecule has 0 aromatic rings. The molecule has 0 radical (unpaired) electrons. The predicted molar refractivity (Wildman–Crippen MR) is 60.2 cm³/mol. The van der Waals surface area contributed by atoms with E-state index in [0.717, 1.165) is 45.2 Å². The van der Waals surface area contributed by atoms with Gasteiger partial charge in [-0.25, -0.2) is 13.1 Å². The Balaban J connectivity index is 1.92. The third kappa shape index (κ3) is 2.92. The van der Waals surface area contributed by atoms with Gasteiger partial charge in [0.15, 0.2) is 0 Å². The molecule has 5 heteroatoms. The van der Waals surface area contributed by atoms with Crippen molar-refractivity contribution in [3.05, 3.63) is 0 Å². The van der Waals surface area contributed by atoms with Crippen LogP contribution in [0, 0.1) is 0 Å². The summed E-state index contributed by atoms with van der Waals surface area (Å²) in [7, 11) is -3.06. The minimum atomic E-state index is -3.06. The van der Waals surface area contributed by atoms with Crippen LogP contribution in [-0.2, 0) is 10.0 Å². The Kier molecular flexibility index (Phi) is 3.64. The van der Waals surface area contributed by atoms with Crippen molar-refractivity contribution >= 4 is 10.0 Å². The van der Waals surface area contributed by atoms with Crippen LogP contribution in [0.25, 0.3) is 0 Å². The molecule has 0 bridgehead atoms. The lowest BCUT2D eigenvalue weighted by Crippen LogP contribution is -2.42. The van der Waals surface area contributed by atoms with Crippen LogP contribution in [0.5, 0.6) is 0 Å². The van der Waals surface area contributed by atoms with Gasteiger partial charge < -0.3 is 5.32 Å². The molecule has 1 aliphatic heterocycles. The molecule has 2 fully saturated rings. The molecule has 0 aromatic carbocycles. The van der Waals surface area contributed by atoms with Gasteiger partial charge in [0.2, 0.25) is 10.0 Å². The summed E-state index contributed by atoms with van der Waals surface area (Å²) in [5, 5.41) is 3.04. The summed E-state index contributed by atoms with van der Waals surface area (Å²) in [6.07, 6.45) is 5.93. The Morgan fingerprint density at radius 1 is 1.07 bits per heavy atom. The number of rotatable bonds is 3. The Bertz CT molecular complexity index is 291. The molecule has 1 saturated heterocycles. The zero-order valence-electron chi connectivity index (χ0n) is 9.04. The van der Waals surface area contributed by atoms with E-state index in [1.54, 1.807) is 0 Å². The molecule has 15 heavy (non-hydrogen) atoms. The molecule has 0 spiro atoms. The summed E-state index contributed by atoms with van der Waals surface area (Å²) >= 11 is 0. The summed E-state index contributed by atoms with van der Waals surface area (Å²) in [5.74, 6) is 0. The van der Waals surface area contributed by atoms with Crippen LogP contribution in [-0.4, -0.2) is 32.8 Å². The summed E-state index contributed by atoms with van der Waals surface area (Å²) in [5.41, 5.74) is 0. The van der Waals surface area contributed by atoms with E-state index >= 15 is 0 Å². The van der Waals surface area contributed by atoms with Crippen molar-refractivity contribution in [2.45, 2.75) is 49.8 Å². The number of nitrogens with one attached hydrogen (secondary N) is 2. The summed E-state index contributed by atoms with van der Waals surface area (Å²) in [6, 6.07) is 0.122. The minimum absolute atomic E-state index is 0.122. The Labute approximate surface area is 91.9 Å². The monoisotopic (exact) mass is 232 g/mol. The lowest BCUT2D eigenvalue weighted by molar-refractivity contribution is 0.471. The first-order valence-corrected chi connectivity index (χ1v) is 7.45. The third-order valence-electron chi connectivity index (χ3n) is 3.38. The van der Waals surface area contributed by atoms with Gasteiger partial charge in [0.25, 0.3) is 0 Å². The van der Waals surface area contributed by atoms with E-state index in [1.807, 2.05) is 0 Å². The van der Waals surface area contributed by atoms with Crippen LogP contribution in [0.3, 0.4) is 0 Å². The Morgan fingerprint density at radius 2 is 1.80 bits per heavy atom. The highest BCUT2D eigenvalue weighted by molar-refractivity contribution is 7.90. The van der Waals surface area contributed by atoms with Crippen molar-refractivity contribution in [3.8, 4) is 0 Å². The zero-order valence-corrected chi connectivity index (χ0v) is 9.85. The minimum Gasteiger partial charge on any atom is -0.315 e. The second-order valence-electron chi connectivity index (χ2n) is 4.61. The van der Waals surface area contributed by atoms with Crippen molar-refractivity contribution in [2.24, 2.45) is 0 Å². The highest BCUT2D eigenvalue weighted by atomic mass is 32.2. The van der Waals surface area contributed by atoms with E-state index in [-0.39, 0.29) is 11.3 Å². The van der Waals surface area contributed by atoms with Crippen molar-refractivity contribution in [1.82, 2.24) is 10.0 Å². The smallest absolute Gasteiger partial charge is 0.214 e. The SMILES string of the molecule is O=S(=O)(N[C@H]1CCNC1)C1CCCCC1. The topological polar surface area (TPSA) is 58.2 Å². The fourth-order valence-electron chi connectivity index (χ4n) is 2.46. The first-order valence-electron chi connectivity index (χ1n) is 5.90. The van der Waals surface area contributed by atoms with Gasteiger partial charge in [0.05, 0.1) is 5.25 Å². The van der Waals surface area contributed by atoms with Gasteiger partial charge in [-0.3, -0.25) is 0 Å². The molecule has 0 unspecified atom stereocenters. The third-order valence-corrected chi connectivity index (χ3v) is 5.39. The van der Waals surface area contributed by atoms with E-state index in [2.05, 4.69) is 10.0 Å². The molecule has 2 aliphatic rings. The molecule has 2 rings (SSSR count). The fraction of sp³-hybridized carbons (Fsp3) is 1.00. The molecule has 4 nitrogen and oxygen atoms in total. The van der Waals surface area contributed by atoms with Crippen LogP contribution in [0.1, 0.15) is 38.5 Å². The molecule has 0 aromatic heterocycles. The highest BCUT2D eigenvalue weighted by Gasteiger charge is 2.30. The van der Waals surface area contributed by atoms with Crippen LogP contribution >= 0.6 is 0 Å². The highest BCUT2D eigenvalue weighted by Crippen LogP contribution is 2.23. The van der Waals surface area contributed by atoms with Crippen molar-refractivity contribution in [3.63, 3.8) is 0 Å². The molecular formula is C10H20N2O2S. The standard InChI is InChI=1S/C10H20N2O2S/c13-15(14,10-4-2-1-3-5-10)12-9-6-7-11-8-9/h9-12H,1-8H2/t9-/m0/s1. The quantitative estimate of drug-likeness (QED) is 0.749. The second kappa shape index (κ2) is 4.80. The van der Waals surface area contributed by atoms with Gasteiger partial charge in [-0.05, 0) is 25.8 Å². The van der Waals surface area contributed by atoms with Gasteiger partial charge >= 0.3 is 0 Å². The van der Waals surface area contributed by atoms with E-state index in [9.17, 15) is 8.42 Å². The van der Waals surface area contributed by atoms with Gasteiger partial charge in [0.1, 0.15) is 0 Å². The fourth-order valence-corrected chi connectivity index (χ4v) is 4.27. The van der Waals surface area contributed by atoms with E-state index in [4.69, 9.17) is 0 Å². The maximum Gasteiger partial charge on any atom is 0.214 e. The van der Waals surface area contributed by atoms with E-state index < -0.39 is 10.0 Å². The van der Waals surface area contributed by atoms with Crippen LogP contribution in [0.4, 0.5) is 0 Å². The van der Waals surface area contributed by atoms with Crippen molar-refractivity contribution < 1.29 is 8.42 Å². The van der Waals surface area contributed by atoms with Crippen LogP contribution in [0.15, 0.2) is 0 Å². The molecular weight excluding hydrogens is 212 g/mol. The Hall–Kier alpha value is -0.130. The number of sulfonamides is 1. The maximum absolute atomic E-state index is 12.0. The van der Waals surface area contributed by atoms with E-state index in [1.165, 1.54) is 6.42 Å². The molecule has 0 amide bonds. The molecule has 1 aliphatic carbocycles. The van der Waals surface area contributed by atoms with Crippen molar-refractivity contribution in [2.75, 3.05) is 13.1 Å². The zero-order chi connectivity index (χ0) is 10.7. The van der Waals surface area contributed by atoms with Crippen LogP contribution in [0.2, 0.25) is 0 Å². The Morgan fingerprint density at radius 3 is 2.40 bits per heavy atom. The molecule has 1 atom stereocenters. The van der Waals surface area contributed by atoms with Crippen LogP contribution < -0.4 is 10.0 Å². The second-order valence-corrected chi connectivity index (χ2v) is 6.60. The van der Waals surface area contributed by atoms with Gasteiger partial charge in [-0.15, -0.1) is 0 Å². The summed E-state index contributed by atoms with van der Waals surface area (Å²) in [4.78, 5) is 0. The molecule has 88 valence electrons. The van der Waals surface area contributed by atoms with Gasteiger partial charge in [-0.2, -0.15) is 0 Å². The maximum atomic E-state index is 12.0.